The molecule has 1 aromatic carbocycles. The average molecular weight is 306 g/mol. The maximum Gasteiger partial charge on any atom is 0.267 e. The fourth-order valence-electron chi connectivity index (χ4n) is 3.28. The summed E-state index contributed by atoms with van der Waals surface area (Å²) in [5, 5.41) is 7.72. The molecule has 0 heterocycles. The smallest absolute Gasteiger partial charge is 0.267 e. The van der Waals surface area contributed by atoms with Gasteiger partial charge in [0, 0.05) is 5.69 Å². The number of aryl methyl sites for hydroxylation is 2. The highest BCUT2D eigenvalue weighted by atomic mass is 32.2. The third-order valence-electron chi connectivity index (χ3n) is 4.31. The van der Waals surface area contributed by atoms with Crippen molar-refractivity contribution in [3.05, 3.63) is 39.8 Å². The highest BCUT2D eigenvalue weighted by Crippen LogP contribution is 2.38. The predicted octanol–water partition coefficient (Wildman–Crippen LogP) is 1.40. The lowest BCUT2D eigenvalue weighted by atomic mass is 9.98. The molecule has 0 fully saturated rings. The number of sulfonamides is 1. The van der Waals surface area contributed by atoms with Gasteiger partial charge < -0.3 is 5.32 Å². The molecule has 3 rings (SSSR count). The predicted molar refractivity (Wildman–Crippen MR) is 81.4 cm³/mol. The lowest BCUT2D eigenvalue weighted by Crippen LogP contribution is -2.25. The quantitative estimate of drug-likeness (QED) is 0.827. The number of hydrogen-bond donors (Lipinski definition) is 2. The molecule has 2 aliphatic carbocycles. The molecular weight excluding hydrogens is 288 g/mol. The number of benzene rings is 1. The SMILES string of the molecule is C=C(C(=O)Nc1c2c(cc3c1CCC3)CCC2)S(N)(=O)=O. The molecule has 5 nitrogen and oxygen atoms in total. The van der Waals surface area contributed by atoms with Gasteiger partial charge in [-0.05, 0) is 60.8 Å². The minimum atomic E-state index is -4.06. The summed E-state index contributed by atoms with van der Waals surface area (Å²) in [7, 11) is -4.06. The van der Waals surface area contributed by atoms with Crippen LogP contribution in [0.4, 0.5) is 5.69 Å². The van der Waals surface area contributed by atoms with Crippen molar-refractivity contribution in [1.29, 1.82) is 0 Å². The van der Waals surface area contributed by atoms with Crippen molar-refractivity contribution in [3.8, 4) is 0 Å². The molecule has 6 heteroatoms. The van der Waals surface area contributed by atoms with E-state index in [1.807, 2.05) is 0 Å². The van der Waals surface area contributed by atoms with E-state index in [9.17, 15) is 13.2 Å². The number of primary sulfonamides is 1. The number of hydrogen-bond acceptors (Lipinski definition) is 3. The molecule has 0 spiro atoms. The van der Waals surface area contributed by atoms with Gasteiger partial charge in [-0.3, -0.25) is 4.79 Å². The minimum Gasteiger partial charge on any atom is -0.321 e. The van der Waals surface area contributed by atoms with Gasteiger partial charge in [0.1, 0.15) is 4.91 Å². The first-order chi connectivity index (χ1) is 9.88. The van der Waals surface area contributed by atoms with Gasteiger partial charge in [-0.2, -0.15) is 0 Å². The molecule has 3 N–H and O–H groups in total. The van der Waals surface area contributed by atoms with E-state index < -0.39 is 20.8 Å². The summed E-state index contributed by atoms with van der Waals surface area (Å²) in [4.78, 5) is 11.5. The summed E-state index contributed by atoms with van der Waals surface area (Å²) in [6.45, 7) is 3.28. The Morgan fingerprint density at radius 1 is 1.10 bits per heavy atom. The molecule has 0 atom stereocenters. The molecule has 112 valence electrons. The van der Waals surface area contributed by atoms with Crippen LogP contribution in [0.25, 0.3) is 0 Å². The molecule has 1 aromatic rings. The van der Waals surface area contributed by atoms with E-state index in [2.05, 4.69) is 18.0 Å². The second-order valence-electron chi connectivity index (χ2n) is 5.66. The maximum absolute atomic E-state index is 12.1. The van der Waals surface area contributed by atoms with Crippen molar-refractivity contribution in [3.63, 3.8) is 0 Å². The summed E-state index contributed by atoms with van der Waals surface area (Å²) in [6, 6.07) is 2.24. The van der Waals surface area contributed by atoms with E-state index in [0.29, 0.717) is 0 Å². The summed E-state index contributed by atoms with van der Waals surface area (Å²) in [5.41, 5.74) is 5.63. The lowest BCUT2D eigenvalue weighted by molar-refractivity contribution is -0.112. The number of carbonyl (C=O) groups is 1. The molecule has 0 bridgehead atoms. The largest absolute Gasteiger partial charge is 0.321 e. The van der Waals surface area contributed by atoms with Crippen LogP contribution in [0.1, 0.15) is 35.1 Å². The number of rotatable bonds is 3. The molecule has 1 amide bonds. The Bertz CT molecular complexity index is 718. The number of fused-ring (bicyclic) bond motifs is 2. The Balaban J connectivity index is 2.00. The maximum atomic E-state index is 12.1. The molecule has 21 heavy (non-hydrogen) atoms. The molecule has 0 saturated heterocycles. The fraction of sp³-hybridized carbons (Fsp3) is 0.400. The van der Waals surface area contributed by atoms with Crippen molar-refractivity contribution < 1.29 is 13.2 Å². The normalized spacial score (nSPS) is 16.4. The van der Waals surface area contributed by atoms with Gasteiger partial charge in [0.05, 0.1) is 0 Å². The summed E-state index contributed by atoms with van der Waals surface area (Å²) >= 11 is 0. The van der Waals surface area contributed by atoms with Crippen molar-refractivity contribution >= 4 is 21.6 Å². The summed E-state index contributed by atoms with van der Waals surface area (Å²) < 4.78 is 22.5. The Morgan fingerprint density at radius 2 is 1.62 bits per heavy atom. The number of anilines is 1. The highest BCUT2D eigenvalue weighted by Gasteiger charge is 2.27. The van der Waals surface area contributed by atoms with Gasteiger partial charge in [-0.25, -0.2) is 13.6 Å². The highest BCUT2D eigenvalue weighted by molar-refractivity contribution is 7.94. The molecular formula is C15H18N2O3S. The topological polar surface area (TPSA) is 89.3 Å². The van der Waals surface area contributed by atoms with Crippen LogP contribution in [0.5, 0.6) is 0 Å². The summed E-state index contributed by atoms with van der Waals surface area (Å²) in [6.07, 6.45) is 6.00. The van der Waals surface area contributed by atoms with E-state index in [1.54, 1.807) is 0 Å². The first-order valence-corrected chi connectivity index (χ1v) is 8.62. The number of nitrogens with two attached hydrogens (primary N) is 1. The van der Waals surface area contributed by atoms with Gasteiger partial charge in [0.25, 0.3) is 5.91 Å². The zero-order valence-corrected chi connectivity index (χ0v) is 12.6. The van der Waals surface area contributed by atoms with Gasteiger partial charge in [0.2, 0.25) is 10.0 Å². The summed E-state index contributed by atoms with van der Waals surface area (Å²) in [5.74, 6) is -0.730. The molecule has 0 aliphatic heterocycles. The average Bonchev–Trinajstić information content (AvgIpc) is 3.04. The minimum absolute atomic E-state index is 0.593. The van der Waals surface area contributed by atoms with Crippen LogP contribution in [0.2, 0.25) is 0 Å². The first kappa shape index (κ1) is 14.3. The van der Waals surface area contributed by atoms with Crippen LogP contribution >= 0.6 is 0 Å². The van der Waals surface area contributed by atoms with E-state index in [1.165, 1.54) is 11.1 Å². The van der Waals surface area contributed by atoms with Crippen LogP contribution in [0.15, 0.2) is 17.6 Å². The van der Waals surface area contributed by atoms with E-state index in [-0.39, 0.29) is 0 Å². The molecule has 0 radical (unpaired) electrons. The van der Waals surface area contributed by atoms with Crippen molar-refractivity contribution in [2.75, 3.05) is 5.32 Å². The fourth-order valence-corrected chi connectivity index (χ4v) is 3.59. The Labute approximate surface area is 124 Å². The molecule has 0 unspecified atom stereocenters. The second-order valence-corrected chi connectivity index (χ2v) is 7.24. The number of nitrogens with one attached hydrogen (secondary N) is 1. The number of carbonyl (C=O) groups excluding carboxylic acids is 1. The third-order valence-corrected chi connectivity index (χ3v) is 5.18. The standard InChI is InChI=1S/C15H18N2O3S/c1-9(21(16,19)20)15(18)17-14-12-6-2-4-10(12)8-11-5-3-7-13(11)14/h8H,1-7H2,(H,17,18)(H2,16,19,20). The van der Waals surface area contributed by atoms with Gasteiger partial charge in [-0.1, -0.05) is 12.6 Å². The molecule has 2 aliphatic rings. The van der Waals surface area contributed by atoms with Crippen LogP contribution in [-0.2, 0) is 40.5 Å². The van der Waals surface area contributed by atoms with Crippen LogP contribution in [0.3, 0.4) is 0 Å². The molecule has 0 aromatic heterocycles. The Hall–Kier alpha value is -1.66. The zero-order valence-electron chi connectivity index (χ0n) is 11.7. The van der Waals surface area contributed by atoms with Crippen LogP contribution in [0, 0.1) is 0 Å². The lowest BCUT2D eigenvalue weighted by Gasteiger charge is -2.16. The van der Waals surface area contributed by atoms with Gasteiger partial charge >= 0.3 is 0 Å². The zero-order chi connectivity index (χ0) is 15.2. The van der Waals surface area contributed by atoms with Crippen LogP contribution in [-0.4, -0.2) is 14.3 Å². The van der Waals surface area contributed by atoms with Gasteiger partial charge in [-0.15, -0.1) is 0 Å². The monoisotopic (exact) mass is 306 g/mol. The Kier molecular flexibility index (Phi) is 3.37. The Morgan fingerprint density at radius 3 is 2.10 bits per heavy atom. The first-order valence-electron chi connectivity index (χ1n) is 7.07. The van der Waals surface area contributed by atoms with Crippen LogP contribution < -0.4 is 10.5 Å². The van der Waals surface area contributed by atoms with E-state index in [4.69, 9.17) is 5.14 Å². The third kappa shape index (κ3) is 2.49. The van der Waals surface area contributed by atoms with E-state index in [0.717, 1.165) is 55.3 Å². The van der Waals surface area contributed by atoms with Crippen molar-refractivity contribution in [2.45, 2.75) is 38.5 Å². The van der Waals surface area contributed by atoms with Gasteiger partial charge in [0.15, 0.2) is 0 Å². The second kappa shape index (κ2) is 4.96. The van der Waals surface area contributed by atoms with Crippen molar-refractivity contribution in [2.24, 2.45) is 5.14 Å². The molecule has 0 saturated carbocycles. The van der Waals surface area contributed by atoms with E-state index >= 15 is 0 Å². The van der Waals surface area contributed by atoms with Crippen molar-refractivity contribution in [1.82, 2.24) is 0 Å². The number of amides is 1.